The summed E-state index contributed by atoms with van der Waals surface area (Å²) in [5.74, 6) is -2.61. The lowest BCUT2D eigenvalue weighted by molar-refractivity contribution is -0.138. The maximum Gasteiger partial charge on any atom is 0.421 e. The number of hydrogen-bond donors (Lipinski definition) is 1. The molecule has 0 amide bonds. The van der Waals surface area contributed by atoms with E-state index in [1.807, 2.05) is 0 Å². The third-order valence-corrected chi connectivity index (χ3v) is 5.61. The maximum absolute atomic E-state index is 14.7. The Morgan fingerprint density at radius 3 is 2.42 bits per heavy atom. The summed E-state index contributed by atoms with van der Waals surface area (Å²) in [6.07, 6.45) is -0.972. The summed E-state index contributed by atoms with van der Waals surface area (Å²) in [6, 6.07) is 10.4. The summed E-state index contributed by atoms with van der Waals surface area (Å²) < 4.78 is 72.1. The number of imidazole rings is 1. The molecule has 2 aromatic carbocycles. The second kappa shape index (κ2) is 9.19. The molecular weight excluding hydrogens is 483 g/mol. The van der Waals surface area contributed by atoms with Crippen molar-refractivity contribution in [2.75, 3.05) is 17.0 Å². The Labute approximate surface area is 202 Å². The highest BCUT2D eigenvalue weighted by atomic mass is 19.4. The molecule has 1 saturated heterocycles. The van der Waals surface area contributed by atoms with Gasteiger partial charge in [0, 0.05) is 24.5 Å². The topological polar surface area (TPSA) is 68.1 Å². The largest absolute Gasteiger partial charge is 0.421 e. The number of rotatable bonds is 5. The van der Waals surface area contributed by atoms with Crippen molar-refractivity contribution in [3.8, 4) is 5.69 Å². The molecule has 4 aromatic rings. The minimum atomic E-state index is -4.76. The zero-order chi connectivity index (χ0) is 25.4. The van der Waals surface area contributed by atoms with Crippen LogP contribution >= 0.6 is 0 Å². The Balaban J connectivity index is 1.50. The van der Waals surface area contributed by atoms with E-state index >= 15 is 0 Å². The molecule has 0 saturated carbocycles. The van der Waals surface area contributed by atoms with Crippen molar-refractivity contribution in [3.05, 3.63) is 89.6 Å². The number of nitrogens with zero attached hydrogens (tertiary/aromatic N) is 5. The molecule has 2 aromatic heterocycles. The SMILES string of the molecule is Cc1cn(-c2c(F)cc(Nc3ncc(C(F)(F)F)c(N4OCCC4c4ccccc4)n3)cc2F)cn1. The first-order valence-electron chi connectivity index (χ1n) is 10.9. The van der Waals surface area contributed by atoms with Crippen molar-refractivity contribution in [1.29, 1.82) is 0 Å². The van der Waals surface area contributed by atoms with Crippen molar-refractivity contribution in [1.82, 2.24) is 19.5 Å². The van der Waals surface area contributed by atoms with E-state index in [0.717, 1.165) is 22.8 Å². The Hall–Kier alpha value is -4.06. The van der Waals surface area contributed by atoms with Gasteiger partial charge in [0.1, 0.15) is 11.3 Å². The van der Waals surface area contributed by atoms with Gasteiger partial charge in [-0.1, -0.05) is 30.3 Å². The summed E-state index contributed by atoms with van der Waals surface area (Å²) in [6.45, 7) is 1.86. The molecule has 7 nitrogen and oxygen atoms in total. The van der Waals surface area contributed by atoms with Crippen LogP contribution in [0.3, 0.4) is 0 Å². The minimum absolute atomic E-state index is 0.0850. The number of anilines is 3. The highest BCUT2D eigenvalue weighted by molar-refractivity contribution is 5.60. The third kappa shape index (κ3) is 4.59. The summed E-state index contributed by atoms with van der Waals surface area (Å²) in [4.78, 5) is 17.3. The number of hydrogen-bond acceptors (Lipinski definition) is 6. The van der Waals surface area contributed by atoms with Crippen molar-refractivity contribution in [2.45, 2.75) is 25.6 Å². The molecule has 1 fully saturated rings. The van der Waals surface area contributed by atoms with Crippen LogP contribution in [0.25, 0.3) is 5.69 Å². The van der Waals surface area contributed by atoms with Gasteiger partial charge >= 0.3 is 6.18 Å². The lowest BCUT2D eigenvalue weighted by Gasteiger charge is -2.26. The van der Waals surface area contributed by atoms with Crippen LogP contribution in [0, 0.1) is 18.6 Å². The molecule has 36 heavy (non-hydrogen) atoms. The fourth-order valence-corrected chi connectivity index (χ4v) is 4.01. The van der Waals surface area contributed by atoms with Gasteiger partial charge in [-0.2, -0.15) is 18.2 Å². The molecule has 0 aliphatic carbocycles. The van der Waals surface area contributed by atoms with Gasteiger partial charge in [-0.15, -0.1) is 0 Å². The van der Waals surface area contributed by atoms with E-state index in [2.05, 4.69) is 20.3 Å². The van der Waals surface area contributed by atoms with E-state index in [0.29, 0.717) is 18.3 Å². The molecule has 1 aliphatic heterocycles. The highest BCUT2D eigenvalue weighted by Gasteiger charge is 2.40. The first-order chi connectivity index (χ1) is 17.2. The average Bonchev–Trinajstić information content (AvgIpc) is 3.48. The van der Waals surface area contributed by atoms with Crippen LogP contribution in [0.15, 0.2) is 61.2 Å². The van der Waals surface area contributed by atoms with Crippen LogP contribution in [0.4, 0.5) is 39.4 Å². The van der Waals surface area contributed by atoms with E-state index in [4.69, 9.17) is 4.84 Å². The average molecular weight is 502 g/mol. The second-order valence-corrected chi connectivity index (χ2v) is 8.14. The third-order valence-electron chi connectivity index (χ3n) is 5.61. The minimum Gasteiger partial charge on any atom is -0.324 e. The summed E-state index contributed by atoms with van der Waals surface area (Å²) in [7, 11) is 0. The van der Waals surface area contributed by atoms with E-state index in [9.17, 15) is 22.0 Å². The van der Waals surface area contributed by atoms with Gasteiger partial charge in [0.05, 0.1) is 24.7 Å². The lowest BCUT2D eigenvalue weighted by atomic mass is 10.0. The number of benzene rings is 2. The quantitative estimate of drug-likeness (QED) is 0.343. The summed E-state index contributed by atoms with van der Waals surface area (Å²) in [5.41, 5.74) is -0.200. The molecule has 0 spiro atoms. The normalized spacial score (nSPS) is 15.9. The van der Waals surface area contributed by atoms with E-state index in [1.165, 1.54) is 17.1 Å². The van der Waals surface area contributed by atoms with Gasteiger partial charge in [0.15, 0.2) is 17.5 Å². The van der Waals surface area contributed by atoms with Crippen molar-refractivity contribution < 1.29 is 26.8 Å². The molecule has 3 heterocycles. The van der Waals surface area contributed by atoms with Gasteiger partial charge in [0.25, 0.3) is 0 Å². The fourth-order valence-electron chi connectivity index (χ4n) is 4.01. The zero-order valence-electron chi connectivity index (χ0n) is 18.8. The summed E-state index contributed by atoms with van der Waals surface area (Å²) in [5, 5.41) is 3.70. The molecular formula is C24H19F5N6O. The molecule has 186 valence electrons. The molecule has 5 rings (SSSR count). The number of nitrogens with one attached hydrogen (secondary N) is 1. The lowest BCUT2D eigenvalue weighted by Crippen LogP contribution is -2.26. The van der Waals surface area contributed by atoms with Crippen LogP contribution in [-0.4, -0.2) is 26.1 Å². The van der Waals surface area contributed by atoms with Crippen molar-refractivity contribution in [3.63, 3.8) is 0 Å². The van der Waals surface area contributed by atoms with Gasteiger partial charge in [0.2, 0.25) is 5.95 Å². The molecule has 12 heteroatoms. The molecule has 0 radical (unpaired) electrons. The maximum atomic E-state index is 14.7. The standard InChI is InChI=1S/C24H19F5N6O/c1-14-12-34(13-31-14)21-18(25)9-16(10-19(21)26)32-23-30-11-17(24(27,28)29)22(33-23)35-20(7-8-36-35)15-5-3-2-4-6-15/h2-6,9-13,20H,7-8H2,1H3,(H,30,32,33). The van der Waals surface area contributed by atoms with Crippen LogP contribution < -0.4 is 10.4 Å². The predicted octanol–water partition coefficient (Wildman–Crippen LogP) is 5.89. The molecule has 0 bridgehead atoms. The van der Waals surface area contributed by atoms with Gasteiger partial charge in [-0.05, 0) is 24.6 Å². The number of aryl methyl sites for hydroxylation is 1. The van der Waals surface area contributed by atoms with E-state index in [-0.39, 0.29) is 23.9 Å². The molecule has 1 unspecified atom stereocenters. The van der Waals surface area contributed by atoms with Gasteiger partial charge in [-0.25, -0.2) is 23.8 Å². The molecule has 1 aliphatic rings. The molecule has 1 N–H and O–H groups in total. The number of alkyl halides is 3. The van der Waals surface area contributed by atoms with E-state index < -0.39 is 35.2 Å². The van der Waals surface area contributed by atoms with Crippen LogP contribution in [0.1, 0.15) is 29.3 Å². The molecule has 1 atom stereocenters. The van der Waals surface area contributed by atoms with Gasteiger partial charge < -0.3 is 9.88 Å². The van der Waals surface area contributed by atoms with Crippen molar-refractivity contribution >= 4 is 17.5 Å². The first-order valence-corrected chi connectivity index (χ1v) is 10.9. The second-order valence-electron chi connectivity index (χ2n) is 8.14. The number of halogens is 5. The fraction of sp³-hybridized carbons (Fsp3) is 0.208. The van der Waals surface area contributed by atoms with Crippen LogP contribution in [0.5, 0.6) is 0 Å². The predicted molar refractivity (Wildman–Crippen MR) is 121 cm³/mol. The Morgan fingerprint density at radius 2 is 1.78 bits per heavy atom. The Bertz CT molecular complexity index is 1370. The van der Waals surface area contributed by atoms with E-state index in [1.54, 1.807) is 37.3 Å². The highest BCUT2D eigenvalue weighted by Crippen LogP contribution is 2.41. The van der Waals surface area contributed by atoms with Crippen LogP contribution in [0.2, 0.25) is 0 Å². The first kappa shape index (κ1) is 23.7. The zero-order valence-corrected chi connectivity index (χ0v) is 18.8. The van der Waals surface area contributed by atoms with Gasteiger partial charge in [-0.3, -0.25) is 4.84 Å². The Morgan fingerprint density at radius 1 is 1.06 bits per heavy atom. The smallest absolute Gasteiger partial charge is 0.324 e. The monoisotopic (exact) mass is 502 g/mol. The van der Waals surface area contributed by atoms with Crippen molar-refractivity contribution in [2.24, 2.45) is 0 Å². The number of hydroxylamine groups is 1. The summed E-state index contributed by atoms with van der Waals surface area (Å²) >= 11 is 0. The van der Waals surface area contributed by atoms with Crippen LogP contribution in [-0.2, 0) is 11.0 Å². The number of aromatic nitrogens is 4. The Kier molecular flexibility index (Phi) is 6.04.